The van der Waals surface area contributed by atoms with Crippen LogP contribution in [0.1, 0.15) is 12.5 Å². The smallest absolute Gasteiger partial charge is 0.270 e. The summed E-state index contributed by atoms with van der Waals surface area (Å²) in [5.74, 6) is -2.81. The van der Waals surface area contributed by atoms with Gasteiger partial charge in [0.25, 0.3) is 5.92 Å². The van der Waals surface area contributed by atoms with Gasteiger partial charge in [-0.1, -0.05) is 5.16 Å². The molecule has 0 bridgehead atoms. The molecule has 0 saturated carbocycles. The van der Waals surface area contributed by atoms with Crippen molar-refractivity contribution in [2.45, 2.75) is 12.8 Å². The molecule has 0 N–H and O–H groups in total. The van der Waals surface area contributed by atoms with Gasteiger partial charge in [0, 0.05) is 17.9 Å². The fourth-order valence-electron chi connectivity index (χ4n) is 1.15. The predicted octanol–water partition coefficient (Wildman–Crippen LogP) is 2.94. The van der Waals surface area contributed by atoms with Crippen molar-refractivity contribution in [2.24, 2.45) is 0 Å². The number of nitrogens with zero attached hydrogens (tertiary/aromatic N) is 1. The Morgan fingerprint density at radius 2 is 2.15 bits per heavy atom. The number of benzene rings is 1. The summed E-state index contributed by atoms with van der Waals surface area (Å²) < 4.78 is 30.5. The van der Waals surface area contributed by atoms with Gasteiger partial charge in [-0.25, -0.2) is 8.78 Å². The highest BCUT2D eigenvalue weighted by Gasteiger charge is 2.24. The molecule has 0 amide bonds. The number of hydrogen-bond acceptors (Lipinski definition) is 2. The minimum Gasteiger partial charge on any atom is -0.356 e. The number of fused-ring (bicyclic) bond motifs is 1. The molecular weight excluding hydrogens is 176 g/mol. The summed E-state index contributed by atoms with van der Waals surface area (Å²) in [6.07, 6.45) is 1.42. The van der Waals surface area contributed by atoms with Crippen LogP contribution in [0.2, 0.25) is 0 Å². The van der Waals surface area contributed by atoms with Crippen LogP contribution < -0.4 is 0 Å². The predicted molar refractivity (Wildman–Crippen MR) is 43.6 cm³/mol. The standard InChI is InChI=1S/C9H7F2NO/c1-9(10,11)7-2-3-8-6(4-7)5-12-13-8/h2-5H,1H3. The van der Waals surface area contributed by atoms with Crippen LogP contribution in [-0.2, 0) is 5.92 Å². The normalized spacial score (nSPS) is 12.2. The fourth-order valence-corrected chi connectivity index (χ4v) is 1.15. The van der Waals surface area contributed by atoms with Gasteiger partial charge >= 0.3 is 0 Å². The number of rotatable bonds is 1. The van der Waals surface area contributed by atoms with E-state index in [9.17, 15) is 8.78 Å². The first kappa shape index (κ1) is 8.16. The molecule has 0 aliphatic carbocycles. The van der Waals surface area contributed by atoms with Crippen LogP contribution in [0.5, 0.6) is 0 Å². The Bertz CT molecular complexity index is 430. The molecule has 0 fully saturated rings. The molecule has 4 heteroatoms. The van der Waals surface area contributed by atoms with E-state index in [1.807, 2.05) is 0 Å². The molecule has 0 unspecified atom stereocenters. The van der Waals surface area contributed by atoms with Gasteiger partial charge in [0.1, 0.15) is 0 Å². The van der Waals surface area contributed by atoms with Gasteiger partial charge in [0.15, 0.2) is 5.58 Å². The van der Waals surface area contributed by atoms with Crippen LogP contribution >= 0.6 is 0 Å². The van der Waals surface area contributed by atoms with Gasteiger partial charge in [-0.15, -0.1) is 0 Å². The topological polar surface area (TPSA) is 26.0 Å². The largest absolute Gasteiger partial charge is 0.356 e. The summed E-state index contributed by atoms with van der Waals surface area (Å²) in [6, 6.07) is 4.22. The molecule has 0 aliphatic rings. The van der Waals surface area contributed by atoms with E-state index in [-0.39, 0.29) is 5.56 Å². The van der Waals surface area contributed by atoms with E-state index in [1.54, 1.807) is 0 Å². The average molecular weight is 183 g/mol. The zero-order chi connectivity index (χ0) is 9.47. The minimum atomic E-state index is -2.81. The number of halogens is 2. The van der Waals surface area contributed by atoms with E-state index in [1.165, 1.54) is 24.4 Å². The maximum absolute atomic E-state index is 12.8. The summed E-state index contributed by atoms with van der Waals surface area (Å²) in [5, 5.41) is 4.10. The van der Waals surface area contributed by atoms with Crippen molar-refractivity contribution in [1.29, 1.82) is 0 Å². The number of aromatic nitrogens is 1. The molecular formula is C9H7F2NO. The molecule has 13 heavy (non-hydrogen) atoms. The summed E-state index contributed by atoms with van der Waals surface area (Å²) >= 11 is 0. The third kappa shape index (κ3) is 1.39. The molecule has 68 valence electrons. The Kier molecular flexibility index (Phi) is 1.58. The van der Waals surface area contributed by atoms with Crippen molar-refractivity contribution in [3.05, 3.63) is 30.0 Å². The van der Waals surface area contributed by atoms with E-state index >= 15 is 0 Å². The molecule has 0 aliphatic heterocycles. The second kappa shape index (κ2) is 2.52. The van der Waals surface area contributed by atoms with E-state index in [0.717, 1.165) is 6.92 Å². The van der Waals surface area contributed by atoms with Gasteiger partial charge in [0.05, 0.1) is 6.20 Å². The molecule has 0 radical (unpaired) electrons. The Hall–Kier alpha value is -1.45. The van der Waals surface area contributed by atoms with Crippen molar-refractivity contribution in [3.8, 4) is 0 Å². The quantitative estimate of drug-likeness (QED) is 0.679. The van der Waals surface area contributed by atoms with E-state index < -0.39 is 5.92 Å². The highest BCUT2D eigenvalue weighted by atomic mass is 19.3. The summed E-state index contributed by atoms with van der Waals surface area (Å²) in [5.41, 5.74) is 0.496. The Morgan fingerprint density at radius 1 is 1.38 bits per heavy atom. The van der Waals surface area contributed by atoms with Crippen LogP contribution in [0.4, 0.5) is 8.78 Å². The van der Waals surface area contributed by atoms with Crippen molar-refractivity contribution in [2.75, 3.05) is 0 Å². The molecule has 0 saturated heterocycles. The fraction of sp³-hybridized carbons (Fsp3) is 0.222. The Morgan fingerprint density at radius 3 is 2.85 bits per heavy atom. The zero-order valence-electron chi connectivity index (χ0n) is 6.92. The summed E-state index contributed by atoms with van der Waals surface area (Å²) in [4.78, 5) is 0. The van der Waals surface area contributed by atoms with E-state index in [2.05, 4.69) is 5.16 Å². The Labute approximate surface area is 73.1 Å². The first-order valence-electron chi connectivity index (χ1n) is 3.80. The third-order valence-corrected chi connectivity index (χ3v) is 1.86. The molecule has 1 aromatic carbocycles. The average Bonchev–Trinajstić information content (AvgIpc) is 2.47. The lowest BCUT2D eigenvalue weighted by Crippen LogP contribution is -2.05. The van der Waals surface area contributed by atoms with Crippen molar-refractivity contribution >= 4 is 11.0 Å². The van der Waals surface area contributed by atoms with Gasteiger partial charge in [0.2, 0.25) is 0 Å². The summed E-state index contributed by atoms with van der Waals surface area (Å²) in [7, 11) is 0. The van der Waals surface area contributed by atoms with E-state index in [0.29, 0.717) is 11.0 Å². The lowest BCUT2D eigenvalue weighted by Gasteiger charge is -2.09. The van der Waals surface area contributed by atoms with Crippen molar-refractivity contribution in [3.63, 3.8) is 0 Å². The first-order chi connectivity index (χ1) is 6.07. The first-order valence-corrected chi connectivity index (χ1v) is 3.80. The summed E-state index contributed by atoms with van der Waals surface area (Å²) in [6.45, 7) is 0.863. The molecule has 1 heterocycles. The molecule has 2 rings (SSSR count). The van der Waals surface area contributed by atoms with Crippen LogP contribution in [0, 0.1) is 0 Å². The lowest BCUT2D eigenvalue weighted by atomic mass is 10.1. The van der Waals surface area contributed by atoms with E-state index in [4.69, 9.17) is 4.52 Å². The highest BCUT2D eigenvalue weighted by molar-refractivity contribution is 5.76. The van der Waals surface area contributed by atoms with Crippen molar-refractivity contribution in [1.82, 2.24) is 5.16 Å². The number of alkyl halides is 2. The van der Waals surface area contributed by atoms with Gasteiger partial charge in [-0.2, -0.15) is 0 Å². The van der Waals surface area contributed by atoms with Crippen LogP contribution in [-0.4, -0.2) is 5.16 Å². The van der Waals surface area contributed by atoms with Crippen molar-refractivity contribution < 1.29 is 13.3 Å². The zero-order valence-corrected chi connectivity index (χ0v) is 6.92. The van der Waals surface area contributed by atoms with Crippen LogP contribution in [0.15, 0.2) is 28.9 Å². The van der Waals surface area contributed by atoms with Gasteiger partial charge in [-0.05, 0) is 18.2 Å². The Balaban J connectivity index is 2.61. The van der Waals surface area contributed by atoms with Gasteiger partial charge < -0.3 is 4.52 Å². The SMILES string of the molecule is CC(F)(F)c1ccc2oncc2c1. The maximum atomic E-state index is 12.8. The monoisotopic (exact) mass is 183 g/mol. The highest BCUT2D eigenvalue weighted by Crippen LogP contribution is 2.29. The molecule has 0 atom stereocenters. The number of hydrogen-bond donors (Lipinski definition) is 0. The second-order valence-electron chi connectivity index (χ2n) is 2.97. The van der Waals surface area contributed by atoms with Crippen LogP contribution in [0.25, 0.3) is 11.0 Å². The molecule has 0 spiro atoms. The van der Waals surface area contributed by atoms with Crippen LogP contribution in [0.3, 0.4) is 0 Å². The minimum absolute atomic E-state index is 0.0248. The van der Waals surface area contributed by atoms with Gasteiger partial charge in [-0.3, -0.25) is 0 Å². The second-order valence-corrected chi connectivity index (χ2v) is 2.97. The molecule has 2 aromatic rings. The molecule has 2 nitrogen and oxygen atoms in total. The molecule has 1 aromatic heterocycles. The lowest BCUT2D eigenvalue weighted by molar-refractivity contribution is 0.0176. The maximum Gasteiger partial charge on any atom is 0.270 e. The third-order valence-electron chi connectivity index (χ3n) is 1.86.